The summed E-state index contributed by atoms with van der Waals surface area (Å²) in [4.78, 5) is 14.9. The monoisotopic (exact) mass is 311 g/mol. The lowest BCUT2D eigenvalue weighted by molar-refractivity contribution is -0.137. The van der Waals surface area contributed by atoms with Crippen LogP contribution in [0.15, 0.2) is 28.1 Å². The van der Waals surface area contributed by atoms with Crippen molar-refractivity contribution in [2.45, 2.75) is 43.4 Å². The molecule has 0 bridgehead atoms. The predicted octanol–water partition coefficient (Wildman–Crippen LogP) is 2.55. The summed E-state index contributed by atoms with van der Waals surface area (Å²) in [5, 5.41) is 8.74. The van der Waals surface area contributed by atoms with Crippen LogP contribution in [0, 0.1) is 0 Å². The molecule has 0 unspecified atom stereocenters. The number of carboxylic acid groups (broad SMARTS) is 1. The molecule has 1 aliphatic heterocycles. The Morgan fingerprint density at radius 3 is 2.62 bits per heavy atom. The van der Waals surface area contributed by atoms with Gasteiger partial charge in [0.15, 0.2) is 0 Å². The second kappa shape index (κ2) is 5.23. The van der Waals surface area contributed by atoms with E-state index in [0.717, 1.165) is 5.71 Å². The fraction of sp³-hybridized carbons (Fsp3) is 0.429. The Labute approximate surface area is 123 Å². The Morgan fingerprint density at radius 1 is 1.38 bits per heavy atom. The highest BCUT2D eigenvalue weighted by atomic mass is 32.2. The Bertz CT molecular complexity index is 723. The van der Waals surface area contributed by atoms with Crippen LogP contribution in [0.1, 0.15) is 38.7 Å². The van der Waals surface area contributed by atoms with Crippen LogP contribution in [0.4, 0.5) is 5.69 Å². The van der Waals surface area contributed by atoms with Crippen molar-refractivity contribution in [1.82, 2.24) is 0 Å². The molecule has 2 rings (SSSR count). The number of aliphatic carboxylic acids is 1. The van der Waals surface area contributed by atoms with Crippen LogP contribution in [0.25, 0.3) is 0 Å². The molecule has 21 heavy (non-hydrogen) atoms. The molecule has 2 N–H and O–H groups in total. The Balaban J connectivity index is 2.38. The molecule has 1 heterocycles. The van der Waals surface area contributed by atoms with Crippen molar-refractivity contribution >= 4 is 27.5 Å². The van der Waals surface area contributed by atoms with Gasteiger partial charge in [0.2, 0.25) is 0 Å². The van der Waals surface area contributed by atoms with Crippen LogP contribution in [-0.4, -0.2) is 29.8 Å². The zero-order chi connectivity index (χ0) is 15.8. The van der Waals surface area contributed by atoms with Gasteiger partial charge in [-0.05, 0) is 43.5 Å². The summed E-state index contributed by atoms with van der Waals surface area (Å²) < 4.78 is 31.7. The minimum atomic E-state index is -4.27. The van der Waals surface area contributed by atoms with Gasteiger partial charge in [-0.1, -0.05) is 6.92 Å². The normalized spacial score (nSPS) is 21.0. The minimum absolute atomic E-state index is 0.0518. The molecule has 0 fully saturated rings. The smallest absolute Gasteiger partial charge is 0.303 e. The molecule has 0 amide bonds. The molecule has 0 aliphatic carbocycles. The first-order valence-corrected chi connectivity index (χ1v) is 7.98. The Kier molecular flexibility index (Phi) is 3.90. The van der Waals surface area contributed by atoms with Gasteiger partial charge in [-0.2, -0.15) is 8.42 Å². The van der Waals surface area contributed by atoms with E-state index in [1.54, 1.807) is 6.07 Å². The van der Waals surface area contributed by atoms with Crippen LogP contribution in [0.5, 0.6) is 0 Å². The van der Waals surface area contributed by atoms with Crippen molar-refractivity contribution in [1.29, 1.82) is 0 Å². The van der Waals surface area contributed by atoms with Gasteiger partial charge in [-0.15, -0.1) is 0 Å². The van der Waals surface area contributed by atoms with Gasteiger partial charge in [-0.3, -0.25) is 14.3 Å². The summed E-state index contributed by atoms with van der Waals surface area (Å²) >= 11 is 0. The predicted molar refractivity (Wildman–Crippen MR) is 77.9 cm³/mol. The number of benzene rings is 1. The molecule has 7 heteroatoms. The zero-order valence-corrected chi connectivity index (χ0v) is 12.6. The van der Waals surface area contributed by atoms with Crippen LogP contribution in [-0.2, 0) is 20.3 Å². The van der Waals surface area contributed by atoms with Crippen molar-refractivity contribution < 1.29 is 22.9 Å². The molecule has 0 radical (unpaired) electrons. The lowest BCUT2D eigenvalue weighted by Gasteiger charge is -2.26. The molecular weight excluding hydrogens is 294 g/mol. The largest absolute Gasteiger partial charge is 0.481 e. The van der Waals surface area contributed by atoms with Crippen LogP contribution < -0.4 is 0 Å². The number of fused-ring (bicyclic) bond motifs is 1. The van der Waals surface area contributed by atoms with E-state index in [1.807, 2.05) is 13.8 Å². The van der Waals surface area contributed by atoms with Gasteiger partial charge in [-0.25, -0.2) is 0 Å². The lowest BCUT2D eigenvalue weighted by Crippen LogP contribution is -2.28. The molecule has 1 aromatic rings. The SMILES string of the molecule is CC1=Nc2ccc(S(=O)(=O)O)cc2[C@@]1(C)CCCC(=O)O. The molecule has 0 saturated heterocycles. The second-order valence-electron chi connectivity index (χ2n) is 5.43. The van der Waals surface area contributed by atoms with E-state index in [2.05, 4.69) is 4.99 Å². The van der Waals surface area contributed by atoms with Crippen LogP contribution >= 0.6 is 0 Å². The van der Waals surface area contributed by atoms with E-state index in [1.165, 1.54) is 12.1 Å². The van der Waals surface area contributed by atoms with E-state index in [9.17, 15) is 13.2 Å². The topological polar surface area (TPSA) is 104 Å². The second-order valence-corrected chi connectivity index (χ2v) is 6.85. The van der Waals surface area contributed by atoms with Crippen molar-refractivity contribution in [2.75, 3.05) is 0 Å². The van der Waals surface area contributed by atoms with Crippen molar-refractivity contribution in [2.24, 2.45) is 4.99 Å². The Morgan fingerprint density at radius 2 is 2.05 bits per heavy atom. The summed E-state index contributed by atoms with van der Waals surface area (Å²) in [6.07, 6.45) is 1.07. The Hall–Kier alpha value is -1.73. The van der Waals surface area contributed by atoms with Crippen molar-refractivity contribution in [3.05, 3.63) is 23.8 Å². The average Bonchev–Trinajstić information content (AvgIpc) is 2.60. The number of hydrogen-bond donors (Lipinski definition) is 2. The third-order valence-corrected chi connectivity index (χ3v) is 4.86. The molecule has 0 aromatic heterocycles. The van der Waals surface area contributed by atoms with Gasteiger partial charge < -0.3 is 5.11 Å². The number of nitrogens with zero attached hydrogens (tertiary/aromatic N) is 1. The van der Waals surface area contributed by atoms with Gasteiger partial charge in [0.25, 0.3) is 10.1 Å². The molecule has 114 valence electrons. The van der Waals surface area contributed by atoms with E-state index in [-0.39, 0.29) is 11.3 Å². The first-order valence-electron chi connectivity index (χ1n) is 6.54. The summed E-state index contributed by atoms with van der Waals surface area (Å²) in [7, 11) is -4.27. The number of carboxylic acids is 1. The van der Waals surface area contributed by atoms with E-state index < -0.39 is 21.5 Å². The summed E-state index contributed by atoms with van der Waals surface area (Å²) in [5.41, 5.74) is 1.68. The van der Waals surface area contributed by atoms with Gasteiger partial charge in [0, 0.05) is 17.5 Å². The van der Waals surface area contributed by atoms with E-state index in [0.29, 0.717) is 24.1 Å². The molecular formula is C14H17NO5S. The number of carbonyl (C=O) groups is 1. The molecule has 6 nitrogen and oxygen atoms in total. The molecule has 1 aromatic carbocycles. The van der Waals surface area contributed by atoms with Crippen molar-refractivity contribution in [3.63, 3.8) is 0 Å². The summed E-state index contributed by atoms with van der Waals surface area (Å²) in [6.45, 7) is 3.75. The van der Waals surface area contributed by atoms with E-state index in [4.69, 9.17) is 9.66 Å². The lowest BCUT2D eigenvalue weighted by atomic mass is 9.76. The maximum Gasteiger partial charge on any atom is 0.303 e. The highest BCUT2D eigenvalue weighted by Gasteiger charge is 2.37. The van der Waals surface area contributed by atoms with Gasteiger partial charge >= 0.3 is 5.97 Å². The zero-order valence-electron chi connectivity index (χ0n) is 11.8. The molecule has 1 atom stereocenters. The average molecular weight is 311 g/mol. The highest BCUT2D eigenvalue weighted by molar-refractivity contribution is 7.85. The van der Waals surface area contributed by atoms with E-state index >= 15 is 0 Å². The fourth-order valence-corrected chi connectivity index (χ4v) is 3.13. The molecule has 0 spiro atoms. The standard InChI is InChI=1S/C14H17NO5S/c1-9-14(2,7-3-4-13(16)17)11-8-10(21(18,19)20)5-6-12(11)15-9/h5-6,8H,3-4,7H2,1-2H3,(H,16,17)(H,18,19,20)/t14-/m0/s1. The number of rotatable bonds is 5. The van der Waals surface area contributed by atoms with Crippen molar-refractivity contribution in [3.8, 4) is 0 Å². The maximum atomic E-state index is 11.3. The van der Waals surface area contributed by atoms with Crippen LogP contribution in [0.2, 0.25) is 0 Å². The molecule has 1 aliphatic rings. The molecule has 0 saturated carbocycles. The maximum absolute atomic E-state index is 11.3. The highest BCUT2D eigenvalue weighted by Crippen LogP contribution is 2.44. The fourth-order valence-electron chi connectivity index (χ4n) is 2.62. The third kappa shape index (κ3) is 2.98. The first kappa shape index (κ1) is 15.7. The number of aliphatic imine (C=N–C) groups is 1. The first-order chi connectivity index (χ1) is 9.64. The third-order valence-electron chi connectivity index (χ3n) is 4.01. The summed E-state index contributed by atoms with van der Waals surface area (Å²) in [5.74, 6) is -0.863. The van der Waals surface area contributed by atoms with Gasteiger partial charge in [0.05, 0.1) is 10.6 Å². The quantitative estimate of drug-likeness (QED) is 0.813. The van der Waals surface area contributed by atoms with Crippen LogP contribution in [0.3, 0.4) is 0 Å². The van der Waals surface area contributed by atoms with Gasteiger partial charge in [0.1, 0.15) is 0 Å². The minimum Gasteiger partial charge on any atom is -0.481 e. The summed E-state index contributed by atoms with van der Waals surface area (Å²) in [6, 6.07) is 4.30. The number of hydrogen-bond acceptors (Lipinski definition) is 4.